The van der Waals surface area contributed by atoms with E-state index in [1.54, 1.807) is 31.8 Å². The lowest BCUT2D eigenvalue weighted by Crippen LogP contribution is -2.33. The highest BCUT2D eigenvalue weighted by Gasteiger charge is 2.23. The van der Waals surface area contributed by atoms with Crippen LogP contribution in [-0.4, -0.2) is 42.2 Å². The van der Waals surface area contributed by atoms with Crippen molar-refractivity contribution in [2.24, 2.45) is 0 Å². The summed E-state index contributed by atoms with van der Waals surface area (Å²) in [4.78, 5) is 35.2. The zero-order valence-corrected chi connectivity index (χ0v) is 19.7. The van der Waals surface area contributed by atoms with Crippen molar-refractivity contribution >= 4 is 11.9 Å². The summed E-state index contributed by atoms with van der Waals surface area (Å²) in [6.45, 7) is 7.29. The van der Waals surface area contributed by atoms with Crippen LogP contribution in [0.1, 0.15) is 44.7 Å². The molecule has 0 fully saturated rings. The van der Waals surface area contributed by atoms with Gasteiger partial charge >= 0.3 is 5.97 Å². The molecule has 0 aliphatic heterocycles. The van der Waals surface area contributed by atoms with Crippen molar-refractivity contribution in [2.75, 3.05) is 19.6 Å². The van der Waals surface area contributed by atoms with Gasteiger partial charge in [0.25, 0.3) is 0 Å². The molecule has 33 heavy (non-hydrogen) atoms. The second-order valence-corrected chi connectivity index (χ2v) is 8.58. The van der Waals surface area contributed by atoms with E-state index in [2.05, 4.69) is 5.48 Å². The van der Waals surface area contributed by atoms with Gasteiger partial charge in [-0.2, -0.15) is 5.06 Å². The van der Waals surface area contributed by atoms with Crippen LogP contribution >= 0.6 is 0 Å². The fraction of sp³-hybridized carbons (Fsp3) is 0.423. The van der Waals surface area contributed by atoms with Gasteiger partial charge in [-0.3, -0.25) is 9.68 Å². The van der Waals surface area contributed by atoms with E-state index >= 15 is 0 Å². The molecule has 1 N–H and O–H groups in total. The number of ether oxygens (including phenoxy) is 1. The van der Waals surface area contributed by atoms with E-state index in [4.69, 9.17) is 14.4 Å². The summed E-state index contributed by atoms with van der Waals surface area (Å²) in [6.07, 6.45) is 1.60. The Balaban J connectivity index is 1.81. The largest absolute Gasteiger partial charge is 0.456 e. The van der Waals surface area contributed by atoms with Crippen molar-refractivity contribution < 1.29 is 24.0 Å². The van der Waals surface area contributed by atoms with Crippen LogP contribution in [0.15, 0.2) is 66.2 Å². The first-order chi connectivity index (χ1) is 15.9. The van der Waals surface area contributed by atoms with Crippen LogP contribution in [0.5, 0.6) is 0 Å². The molecule has 0 unspecified atom stereocenters. The molecule has 0 amide bonds. The molecule has 0 aromatic heterocycles. The zero-order valence-electron chi connectivity index (χ0n) is 19.7. The van der Waals surface area contributed by atoms with Gasteiger partial charge in [-0.05, 0) is 44.7 Å². The van der Waals surface area contributed by atoms with Crippen LogP contribution < -0.4 is 5.48 Å². The van der Waals surface area contributed by atoms with E-state index in [1.807, 2.05) is 60.7 Å². The number of hydroxylamine groups is 3. The maximum absolute atomic E-state index is 12.3. The molecular formula is C26H34N2O5. The molecule has 0 saturated carbocycles. The van der Waals surface area contributed by atoms with E-state index in [9.17, 15) is 9.59 Å². The quantitative estimate of drug-likeness (QED) is 0.152. The van der Waals surface area contributed by atoms with E-state index < -0.39 is 11.6 Å². The molecule has 2 aromatic rings. The predicted octanol–water partition coefficient (Wildman–Crippen LogP) is 4.02. The van der Waals surface area contributed by atoms with E-state index in [0.717, 1.165) is 24.0 Å². The minimum atomic E-state index is -0.694. The third-order valence-electron chi connectivity index (χ3n) is 4.48. The molecular weight excluding hydrogens is 420 g/mol. The monoisotopic (exact) mass is 454 g/mol. The molecule has 0 spiro atoms. The van der Waals surface area contributed by atoms with Crippen LogP contribution in [0, 0.1) is 0 Å². The van der Waals surface area contributed by atoms with Crippen molar-refractivity contribution in [2.45, 2.75) is 52.4 Å². The highest BCUT2D eigenvalue weighted by molar-refractivity contribution is 5.97. The van der Waals surface area contributed by atoms with Gasteiger partial charge < -0.3 is 4.74 Å². The van der Waals surface area contributed by atoms with Crippen molar-refractivity contribution in [3.63, 3.8) is 0 Å². The average molecular weight is 455 g/mol. The molecule has 2 aromatic carbocycles. The molecule has 7 nitrogen and oxygen atoms in total. The highest BCUT2D eigenvalue weighted by Crippen LogP contribution is 2.12. The first kappa shape index (κ1) is 26.5. The van der Waals surface area contributed by atoms with Gasteiger partial charge in [0, 0.05) is 13.1 Å². The van der Waals surface area contributed by atoms with E-state index in [1.165, 1.54) is 0 Å². The smallest absolute Gasteiger partial charge is 0.347 e. The molecule has 0 bridgehead atoms. The molecule has 0 atom stereocenters. The second-order valence-electron chi connectivity index (χ2n) is 8.58. The molecule has 0 heterocycles. The number of carbonyl (C=O) groups is 1. The van der Waals surface area contributed by atoms with Crippen LogP contribution in [0.2, 0.25) is 0 Å². The maximum atomic E-state index is 12.3. The highest BCUT2D eigenvalue weighted by atomic mass is 16.7. The molecule has 0 aliphatic rings. The Bertz CT molecular complexity index is 875. The molecule has 7 heteroatoms. The lowest BCUT2D eigenvalue weighted by Gasteiger charge is -2.24. The average Bonchev–Trinajstić information content (AvgIpc) is 2.79. The zero-order chi connectivity index (χ0) is 23.9. The van der Waals surface area contributed by atoms with Gasteiger partial charge in [0.1, 0.15) is 17.1 Å². The summed E-state index contributed by atoms with van der Waals surface area (Å²) in [5, 5.41) is 1.61. The number of nitrogens with one attached hydrogen (secondary N) is 1. The van der Waals surface area contributed by atoms with Crippen molar-refractivity contribution in [1.82, 2.24) is 10.5 Å². The minimum absolute atomic E-state index is 0.00316. The number of unbranched alkanes of at least 4 members (excludes halogenated alkanes) is 1. The summed E-state index contributed by atoms with van der Waals surface area (Å²) >= 11 is 0. The van der Waals surface area contributed by atoms with Crippen LogP contribution in [0.4, 0.5) is 0 Å². The maximum Gasteiger partial charge on any atom is 0.347 e. The lowest BCUT2D eigenvalue weighted by molar-refractivity contribution is -0.170. The molecule has 178 valence electrons. The topological polar surface area (TPSA) is 77.1 Å². The first-order valence-electron chi connectivity index (χ1n) is 11.1. The Morgan fingerprint density at radius 2 is 1.55 bits per heavy atom. The lowest BCUT2D eigenvalue weighted by atomic mass is 10.2. The van der Waals surface area contributed by atoms with Gasteiger partial charge in [-0.15, -0.1) is 0 Å². The SMILES string of the molecule is CC(C)(C)OC(=O)C(=C=O)CN(CCCCNOCc1ccccc1)OCc1ccccc1. The molecule has 0 saturated heterocycles. The Kier molecular flexibility index (Phi) is 11.5. The van der Waals surface area contributed by atoms with Crippen molar-refractivity contribution in [1.29, 1.82) is 0 Å². The molecule has 0 aliphatic carbocycles. The van der Waals surface area contributed by atoms with E-state index in [-0.39, 0.29) is 12.1 Å². The normalized spacial score (nSPS) is 11.3. The van der Waals surface area contributed by atoms with Crippen molar-refractivity contribution in [3.8, 4) is 0 Å². The summed E-state index contributed by atoms with van der Waals surface area (Å²) in [7, 11) is 0. The third kappa shape index (κ3) is 11.6. The summed E-state index contributed by atoms with van der Waals surface area (Å²) in [5.74, 6) is 1.05. The number of carbonyl (C=O) groups excluding carboxylic acids is 2. The van der Waals surface area contributed by atoms with Gasteiger partial charge in [-0.25, -0.2) is 15.1 Å². The molecule has 2 rings (SSSR count). The standard InChI is InChI=1S/C26H34N2O5/c1-26(2,3)33-25(30)24(19-29)18-28(32-21-23-14-8-5-9-15-23)17-11-10-16-27-31-20-22-12-6-4-7-13-22/h4-9,12-15,27H,10-11,16-18,20-21H2,1-3H3. The Morgan fingerprint density at radius 3 is 2.12 bits per heavy atom. The van der Waals surface area contributed by atoms with Gasteiger partial charge in [0.15, 0.2) is 0 Å². The van der Waals surface area contributed by atoms with Crippen LogP contribution in [-0.2, 0) is 37.2 Å². The predicted molar refractivity (Wildman–Crippen MR) is 126 cm³/mol. The second kappa shape index (κ2) is 14.4. The summed E-state index contributed by atoms with van der Waals surface area (Å²) in [6, 6.07) is 19.6. The van der Waals surface area contributed by atoms with Crippen LogP contribution in [0.3, 0.4) is 0 Å². The minimum Gasteiger partial charge on any atom is -0.456 e. The molecule has 0 radical (unpaired) electrons. The Hall–Kier alpha value is -2.80. The van der Waals surface area contributed by atoms with Crippen molar-refractivity contribution in [3.05, 3.63) is 77.4 Å². The number of rotatable bonds is 14. The Morgan fingerprint density at radius 1 is 0.939 bits per heavy atom. The number of benzene rings is 2. The number of nitrogens with zero attached hydrogens (tertiary/aromatic N) is 1. The summed E-state index contributed by atoms with van der Waals surface area (Å²) in [5.41, 5.74) is 4.26. The van der Waals surface area contributed by atoms with Gasteiger partial charge in [0.2, 0.25) is 0 Å². The summed E-state index contributed by atoms with van der Waals surface area (Å²) < 4.78 is 5.31. The van der Waals surface area contributed by atoms with Gasteiger partial charge in [0.05, 0.1) is 19.8 Å². The van der Waals surface area contributed by atoms with E-state index in [0.29, 0.717) is 26.3 Å². The Labute approximate surface area is 196 Å². The number of hydrogen-bond acceptors (Lipinski definition) is 7. The van der Waals surface area contributed by atoms with Crippen LogP contribution in [0.25, 0.3) is 0 Å². The number of esters is 1. The first-order valence-corrected chi connectivity index (χ1v) is 11.1. The third-order valence-corrected chi connectivity index (χ3v) is 4.48. The van der Waals surface area contributed by atoms with Gasteiger partial charge in [-0.1, -0.05) is 60.7 Å². The fourth-order valence-electron chi connectivity index (χ4n) is 2.85. The fourth-order valence-corrected chi connectivity index (χ4v) is 2.85. The number of hydrogen-bond donors (Lipinski definition) is 1.